The molecule has 0 saturated carbocycles. The normalized spacial score (nSPS) is 10.1. The van der Waals surface area contributed by atoms with Crippen molar-refractivity contribution in [3.63, 3.8) is 0 Å². The van der Waals surface area contributed by atoms with E-state index in [1.807, 2.05) is 6.07 Å². The van der Waals surface area contributed by atoms with Crippen LogP contribution < -0.4 is 0 Å². The van der Waals surface area contributed by atoms with Crippen LogP contribution in [0.5, 0.6) is 0 Å². The van der Waals surface area contributed by atoms with Crippen molar-refractivity contribution in [2.75, 3.05) is 0 Å². The number of halogens is 1. The van der Waals surface area contributed by atoms with Crippen molar-refractivity contribution in [3.8, 4) is 17.5 Å². The van der Waals surface area contributed by atoms with Gasteiger partial charge in [0.25, 0.3) is 0 Å². The lowest BCUT2D eigenvalue weighted by Crippen LogP contribution is -2.02. The van der Waals surface area contributed by atoms with Gasteiger partial charge in [-0.2, -0.15) is 10.1 Å². The number of tetrazole rings is 1. The average molecular weight is 231 g/mol. The molecule has 0 spiro atoms. The van der Waals surface area contributed by atoms with E-state index in [1.54, 1.807) is 18.2 Å². The number of nitrogens with zero attached hydrogens (tertiary/aromatic N) is 5. The van der Waals surface area contributed by atoms with Gasteiger partial charge in [-0.3, -0.25) is 0 Å². The lowest BCUT2D eigenvalue weighted by atomic mass is 10.2. The van der Waals surface area contributed by atoms with Gasteiger partial charge in [-0.15, -0.1) is 10.2 Å². The third-order valence-corrected chi connectivity index (χ3v) is 2.21. The molecule has 2 aromatic rings. The first-order valence-electron chi connectivity index (χ1n) is 5.21. The van der Waals surface area contributed by atoms with Crippen molar-refractivity contribution in [3.05, 3.63) is 30.1 Å². The van der Waals surface area contributed by atoms with Crippen LogP contribution in [-0.2, 0) is 6.54 Å². The molecule has 86 valence electrons. The summed E-state index contributed by atoms with van der Waals surface area (Å²) < 4.78 is 13.4. The number of unbranched alkanes of at least 4 members (excludes halogenated alkanes) is 1. The molecule has 0 amide bonds. The van der Waals surface area contributed by atoms with Crippen molar-refractivity contribution in [1.29, 1.82) is 5.26 Å². The van der Waals surface area contributed by atoms with Crippen molar-refractivity contribution >= 4 is 0 Å². The summed E-state index contributed by atoms with van der Waals surface area (Å²) in [6.45, 7) is 0.509. The summed E-state index contributed by atoms with van der Waals surface area (Å²) in [5.74, 6) is -0.107. The molecule has 1 aromatic carbocycles. The van der Waals surface area contributed by atoms with Gasteiger partial charge in [0, 0.05) is 6.42 Å². The molecule has 0 atom stereocenters. The maximum atomic E-state index is 13.4. The highest BCUT2D eigenvalue weighted by Gasteiger charge is 2.09. The maximum Gasteiger partial charge on any atom is 0.207 e. The summed E-state index contributed by atoms with van der Waals surface area (Å²) in [6.07, 6.45) is 1.10. The highest BCUT2D eigenvalue weighted by atomic mass is 19.1. The molecule has 0 aliphatic rings. The summed E-state index contributed by atoms with van der Waals surface area (Å²) in [7, 11) is 0. The molecule has 2 rings (SSSR count). The van der Waals surface area contributed by atoms with Gasteiger partial charge in [-0.05, 0) is 23.8 Å². The van der Waals surface area contributed by atoms with Crippen LogP contribution in [0.3, 0.4) is 0 Å². The summed E-state index contributed by atoms with van der Waals surface area (Å²) in [5.41, 5.74) is 0.332. The zero-order valence-electron chi connectivity index (χ0n) is 9.04. The number of benzene rings is 1. The molecule has 0 N–H and O–H groups in total. The Balaban J connectivity index is 2.14. The average Bonchev–Trinajstić information content (AvgIpc) is 2.79. The molecule has 0 aliphatic heterocycles. The van der Waals surface area contributed by atoms with Gasteiger partial charge in [0.1, 0.15) is 5.82 Å². The Morgan fingerprint density at radius 2 is 2.18 bits per heavy atom. The molecule has 5 nitrogen and oxygen atoms in total. The van der Waals surface area contributed by atoms with Gasteiger partial charge in [-0.25, -0.2) is 4.39 Å². The first-order chi connectivity index (χ1) is 8.31. The molecule has 0 saturated heterocycles. The number of aryl methyl sites for hydroxylation is 1. The van der Waals surface area contributed by atoms with E-state index in [-0.39, 0.29) is 11.6 Å². The second-order valence-electron chi connectivity index (χ2n) is 3.45. The van der Waals surface area contributed by atoms with Crippen LogP contribution in [0.15, 0.2) is 24.3 Å². The molecule has 1 aromatic heterocycles. The zero-order valence-corrected chi connectivity index (χ0v) is 9.04. The Kier molecular flexibility index (Phi) is 3.40. The Hall–Kier alpha value is -2.29. The molecule has 0 radical (unpaired) electrons. The second-order valence-corrected chi connectivity index (χ2v) is 3.45. The quantitative estimate of drug-likeness (QED) is 0.752. The number of rotatable bonds is 4. The third kappa shape index (κ3) is 2.64. The van der Waals surface area contributed by atoms with E-state index in [2.05, 4.69) is 15.4 Å². The topological polar surface area (TPSA) is 67.4 Å². The molecule has 17 heavy (non-hydrogen) atoms. The molecule has 6 heteroatoms. The predicted octanol–water partition coefficient (Wildman–Crippen LogP) is 1.78. The smallest absolute Gasteiger partial charge is 0.206 e. The first kappa shape index (κ1) is 11.2. The van der Waals surface area contributed by atoms with Gasteiger partial charge >= 0.3 is 0 Å². The number of hydrogen-bond donors (Lipinski definition) is 0. The van der Waals surface area contributed by atoms with E-state index < -0.39 is 0 Å². The summed E-state index contributed by atoms with van der Waals surface area (Å²) >= 11 is 0. The highest BCUT2D eigenvalue weighted by molar-refractivity contribution is 5.54. The van der Waals surface area contributed by atoms with Gasteiger partial charge < -0.3 is 0 Å². The lowest BCUT2D eigenvalue weighted by molar-refractivity contribution is 0.504. The molecular weight excluding hydrogens is 221 g/mol. The van der Waals surface area contributed by atoms with Crippen molar-refractivity contribution in [2.45, 2.75) is 19.4 Å². The zero-order chi connectivity index (χ0) is 12.1. The first-order valence-corrected chi connectivity index (χ1v) is 5.21. The van der Waals surface area contributed by atoms with Gasteiger partial charge in [0.05, 0.1) is 18.2 Å². The van der Waals surface area contributed by atoms with Crippen LogP contribution in [0.4, 0.5) is 4.39 Å². The third-order valence-electron chi connectivity index (χ3n) is 2.21. The lowest BCUT2D eigenvalue weighted by Gasteiger charge is -1.96. The minimum absolute atomic E-state index is 0.264. The van der Waals surface area contributed by atoms with Gasteiger partial charge in [0.15, 0.2) is 0 Å². The summed E-state index contributed by atoms with van der Waals surface area (Å²) in [4.78, 5) is 1.37. The SMILES string of the molecule is N#CCCCn1nnc(-c2ccccc2F)n1. The fourth-order valence-corrected chi connectivity index (χ4v) is 1.39. The number of aromatic nitrogens is 4. The Bertz CT molecular complexity index is 543. The standard InChI is InChI=1S/C11H10FN5/c12-10-6-2-1-5-9(10)11-14-16-17(15-11)8-4-3-7-13/h1-2,5-6H,3-4,8H2. The molecule has 0 unspecified atom stereocenters. The Morgan fingerprint density at radius 3 is 2.94 bits per heavy atom. The largest absolute Gasteiger partial charge is 0.207 e. The van der Waals surface area contributed by atoms with Crippen LogP contribution >= 0.6 is 0 Å². The van der Waals surface area contributed by atoms with E-state index in [9.17, 15) is 4.39 Å². The van der Waals surface area contributed by atoms with Gasteiger partial charge in [-0.1, -0.05) is 12.1 Å². The monoisotopic (exact) mass is 231 g/mol. The van der Waals surface area contributed by atoms with Crippen molar-refractivity contribution in [2.24, 2.45) is 0 Å². The number of nitriles is 1. The van der Waals surface area contributed by atoms with Crippen LogP contribution in [0.25, 0.3) is 11.4 Å². The minimum Gasteiger partial charge on any atom is -0.206 e. The van der Waals surface area contributed by atoms with E-state index in [4.69, 9.17) is 5.26 Å². The van der Waals surface area contributed by atoms with E-state index in [0.29, 0.717) is 24.9 Å². The van der Waals surface area contributed by atoms with Crippen LogP contribution in [0.2, 0.25) is 0 Å². The minimum atomic E-state index is -0.371. The Morgan fingerprint density at radius 1 is 1.35 bits per heavy atom. The van der Waals surface area contributed by atoms with Crippen LogP contribution in [0.1, 0.15) is 12.8 Å². The summed E-state index contributed by atoms with van der Waals surface area (Å²) in [5, 5.41) is 20.0. The molecule has 0 aliphatic carbocycles. The fourth-order valence-electron chi connectivity index (χ4n) is 1.39. The molecule has 0 fully saturated rings. The van der Waals surface area contributed by atoms with E-state index >= 15 is 0 Å². The van der Waals surface area contributed by atoms with Crippen molar-refractivity contribution < 1.29 is 4.39 Å². The van der Waals surface area contributed by atoms with E-state index in [0.717, 1.165) is 0 Å². The molecule has 1 heterocycles. The number of hydrogen-bond acceptors (Lipinski definition) is 4. The summed E-state index contributed by atoms with van der Waals surface area (Å²) in [6, 6.07) is 8.32. The van der Waals surface area contributed by atoms with Gasteiger partial charge in [0.2, 0.25) is 5.82 Å². The van der Waals surface area contributed by atoms with Crippen LogP contribution in [0, 0.1) is 17.1 Å². The highest BCUT2D eigenvalue weighted by Crippen LogP contribution is 2.17. The molecular formula is C11H10FN5. The maximum absolute atomic E-state index is 13.4. The molecule has 0 bridgehead atoms. The predicted molar refractivity (Wildman–Crippen MR) is 58.1 cm³/mol. The second kappa shape index (κ2) is 5.16. The van der Waals surface area contributed by atoms with E-state index in [1.165, 1.54) is 10.9 Å². The fraction of sp³-hybridized carbons (Fsp3) is 0.273. The Labute approximate surface area is 97.5 Å². The van der Waals surface area contributed by atoms with Crippen molar-refractivity contribution in [1.82, 2.24) is 20.2 Å². The van der Waals surface area contributed by atoms with Crippen LogP contribution in [-0.4, -0.2) is 20.2 Å².